The highest BCUT2D eigenvalue weighted by Gasteiger charge is 2.45. The highest BCUT2D eigenvalue weighted by molar-refractivity contribution is 9.10. The van der Waals surface area contributed by atoms with Crippen LogP contribution in [0.3, 0.4) is 0 Å². The Hall–Kier alpha value is -0.940. The second-order valence-electron chi connectivity index (χ2n) is 4.14. The lowest BCUT2D eigenvalue weighted by Crippen LogP contribution is -2.27. The van der Waals surface area contributed by atoms with E-state index in [-0.39, 0.29) is 23.6 Å². The molecule has 2 rings (SSSR count). The topological polar surface area (TPSA) is 29.5 Å². The Bertz CT molecular complexity index is 452. The van der Waals surface area contributed by atoms with Gasteiger partial charge in [-0.25, -0.2) is 9.45 Å². The molecule has 0 aromatic heterocycles. The Morgan fingerprint density at radius 2 is 2.29 bits per heavy atom. The number of nitrogens with zero attached hydrogens (tertiary/aromatic N) is 1. The molecule has 0 N–H and O–H groups in total. The molecule has 1 fully saturated rings. The zero-order chi connectivity index (χ0) is 12.6. The normalized spacial score (nSPS) is 22.4. The van der Waals surface area contributed by atoms with Crippen LogP contribution in [-0.2, 0) is 9.63 Å². The first-order valence-electron chi connectivity index (χ1n) is 5.31. The fourth-order valence-corrected chi connectivity index (χ4v) is 2.15. The van der Waals surface area contributed by atoms with Crippen LogP contribution in [0.5, 0.6) is 0 Å². The number of hydrogen-bond acceptors (Lipinski definition) is 2. The molecular formula is C12H13BrFNO2. The van der Waals surface area contributed by atoms with E-state index in [1.807, 2.05) is 6.07 Å². The van der Waals surface area contributed by atoms with Gasteiger partial charge >= 0.3 is 0 Å². The standard InChI is InChI=1S/C12H13BrFNO2/c1-15(17-2)12(16)9-6-8(9)7-3-4-10(13)11(14)5-7/h3-5,8-9H,6H2,1-2H3/t8-,9+/m1/s1. The molecule has 2 atom stereocenters. The number of hydroxylamine groups is 2. The van der Waals surface area contributed by atoms with E-state index in [1.165, 1.54) is 18.2 Å². The van der Waals surface area contributed by atoms with E-state index in [0.29, 0.717) is 4.47 Å². The van der Waals surface area contributed by atoms with Crippen molar-refractivity contribution in [1.29, 1.82) is 0 Å². The Labute approximate surface area is 108 Å². The summed E-state index contributed by atoms with van der Waals surface area (Å²) in [4.78, 5) is 16.6. The Morgan fingerprint density at radius 3 is 2.88 bits per heavy atom. The Kier molecular flexibility index (Phi) is 3.49. The van der Waals surface area contributed by atoms with E-state index in [1.54, 1.807) is 13.1 Å². The highest BCUT2D eigenvalue weighted by Crippen LogP contribution is 2.48. The van der Waals surface area contributed by atoms with Crippen LogP contribution in [0.15, 0.2) is 22.7 Å². The van der Waals surface area contributed by atoms with Crippen molar-refractivity contribution in [3.05, 3.63) is 34.1 Å². The number of amides is 1. The smallest absolute Gasteiger partial charge is 0.249 e. The summed E-state index contributed by atoms with van der Waals surface area (Å²) in [5.74, 6) is -0.315. The van der Waals surface area contributed by atoms with Crippen molar-refractivity contribution < 1.29 is 14.0 Å². The van der Waals surface area contributed by atoms with Crippen LogP contribution in [0.2, 0.25) is 0 Å². The summed E-state index contributed by atoms with van der Waals surface area (Å²) in [6.07, 6.45) is 0.758. The third kappa shape index (κ3) is 2.50. The van der Waals surface area contributed by atoms with Crippen LogP contribution in [0.25, 0.3) is 0 Å². The molecular weight excluding hydrogens is 289 g/mol. The van der Waals surface area contributed by atoms with E-state index in [0.717, 1.165) is 12.0 Å². The van der Waals surface area contributed by atoms with Crippen molar-refractivity contribution in [1.82, 2.24) is 5.06 Å². The molecule has 1 aromatic carbocycles. The fraction of sp³-hybridized carbons (Fsp3) is 0.417. The van der Waals surface area contributed by atoms with Gasteiger partial charge in [0.25, 0.3) is 0 Å². The largest absolute Gasteiger partial charge is 0.275 e. The summed E-state index contributed by atoms with van der Waals surface area (Å²) in [6.45, 7) is 0. The minimum absolute atomic E-state index is 0.0548. The molecule has 0 bridgehead atoms. The quantitative estimate of drug-likeness (QED) is 0.804. The maximum atomic E-state index is 13.4. The van der Waals surface area contributed by atoms with Crippen molar-refractivity contribution in [2.75, 3.05) is 14.2 Å². The van der Waals surface area contributed by atoms with E-state index in [4.69, 9.17) is 4.84 Å². The lowest BCUT2D eigenvalue weighted by molar-refractivity contribution is -0.170. The second kappa shape index (κ2) is 4.74. The summed E-state index contributed by atoms with van der Waals surface area (Å²) in [5.41, 5.74) is 0.869. The molecule has 5 heteroatoms. The maximum absolute atomic E-state index is 13.4. The van der Waals surface area contributed by atoms with Gasteiger partial charge in [0.05, 0.1) is 11.6 Å². The van der Waals surface area contributed by atoms with E-state index in [9.17, 15) is 9.18 Å². The molecule has 0 aliphatic heterocycles. The lowest BCUT2D eigenvalue weighted by Gasteiger charge is -2.13. The average Bonchev–Trinajstić information content (AvgIpc) is 3.10. The molecule has 1 saturated carbocycles. The monoisotopic (exact) mass is 301 g/mol. The highest BCUT2D eigenvalue weighted by atomic mass is 79.9. The Morgan fingerprint density at radius 1 is 1.59 bits per heavy atom. The minimum Gasteiger partial charge on any atom is -0.275 e. The first kappa shape index (κ1) is 12.5. The van der Waals surface area contributed by atoms with Gasteiger partial charge in [-0.05, 0) is 46.0 Å². The maximum Gasteiger partial charge on any atom is 0.249 e. The predicted octanol–water partition coefficient (Wildman–Crippen LogP) is 2.71. The number of halogens is 2. The van der Waals surface area contributed by atoms with Crippen molar-refractivity contribution >= 4 is 21.8 Å². The van der Waals surface area contributed by atoms with Crippen LogP contribution in [0.4, 0.5) is 4.39 Å². The van der Waals surface area contributed by atoms with Gasteiger partial charge in [-0.15, -0.1) is 0 Å². The summed E-state index contributed by atoms with van der Waals surface area (Å²) in [5, 5.41) is 1.22. The molecule has 92 valence electrons. The second-order valence-corrected chi connectivity index (χ2v) is 4.99. The van der Waals surface area contributed by atoms with Gasteiger partial charge in [0.15, 0.2) is 0 Å². The number of rotatable bonds is 3. The molecule has 1 amide bonds. The van der Waals surface area contributed by atoms with Crippen LogP contribution >= 0.6 is 15.9 Å². The van der Waals surface area contributed by atoms with Gasteiger partial charge in [0.2, 0.25) is 5.91 Å². The van der Waals surface area contributed by atoms with Gasteiger partial charge in [0, 0.05) is 13.0 Å². The van der Waals surface area contributed by atoms with Crippen LogP contribution in [-0.4, -0.2) is 25.1 Å². The van der Waals surface area contributed by atoms with Crippen molar-refractivity contribution in [2.45, 2.75) is 12.3 Å². The van der Waals surface area contributed by atoms with E-state index >= 15 is 0 Å². The molecule has 0 saturated heterocycles. The molecule has 0 spiro atoms. The Balaban J connectivity index is 2.07. The van der Waals surface area contributed by atoms with Gasteiger partial charge in [0.1, 0.15) is 5.82 Å². The summed E-state index contributed by atoms with van der Waals surface area (Å²) >= 11 is 3.11. The van der Waals surface area contributed by atoms with E-state index in [2.05, 4.69) is 15.9 Å². The third-order valence-corrected chi connectivity index (χ3v) is 3.71. The molecule has 0 radical (unpaired) electrons. The van der Waals surface area contributed by atoms with Crippen LogP contribution < -0.4 is 0 Å². The molecule has 1 aliphatic carbocycles. The fourth-order valence-electron chi connectivity index (χ4n) is 1.90. The van der Waals surface area contributed by atoms with Crippen LogP contribution in [0, 0.1) is 11.7 Å². The zero-order valence-corrected chi connectivity index (χ0v) is 11.2. The average molecular weight is 302 g/mol. The van der Waals surface area contributed by atoms with Gasteiger partial charge in [-0.3, -0.25) is 9.63 Å². The van der Waals surface area contributed by atoms with Gasteiger partial charge < -0.3 is 0 Å². The van der Waals surface area contributed by atoms with Crippen LogP contribution in [0.1, 0.15) is 17.9 Å². The van der Waals surface area contributed by atoms with Crippen molar-refractivity contribution in [3.63, 3.8) is 0 Å². The summed E-state index contributed by atoms with van der Waals surface area (Å²) in [7, 11) is 3.04. The van der Waals surface area contributed by atoms with Gasteiger partial charge in [-0.2, -0.15) is 0 Å². The number of carbonyl (C=O) groups is 1. The molecule has 0 heterocycles. The predicted molar refractivity (Wildman–Crippen MR) is 64.7 cm³/mol. The number of benzene rings is 1. The number of carbonyl (C=O) groups excluding carboxylic acids is 1. The van der Waals surface area contributed by atoms with Gasteiger partial charge in [-0.1, -0.05) is 6.07 Å². The van der Waals surface area contributed by atoms with E-state index < -0.39 is 0 Å². The minimum atomic E-state index is -0.291. The van der Waals surface area contributed by atoms with Crippen molar-refractivity contribution in [2.24, 2.45) is 5.92 Å². The summed E-state index contributed by atoms with van der Waals surface area (Å²) in [6, 6.07) is 5.00. The molecule has 1 aliphatic rings. The molecule has 1 aromatic rings. The molecule has 3 nitrogen and oxygen atoms in total. The number of hydrogen-bond donors (Lipinski definition) is 0. The third-order valence-electron chi connectivity index (χ3n) is 3.06. The molecule has 0 unspecified atom stereocenters. The zero-order valence-electron chi connectivity index (χ0n) is 9.61. The lowest BCUT2D eigenvalue weighted by atomic mass is 10.1. The molecule has 17 heavy (non-hydrogen) atoms. The SMILES string of the molecule is CON(C)C(=O)[C@H]1C[C@@H]1c1ccc(Br)c(F)c1. The first-order valence-corrected chi connectivity index (χ1v) is 6.10. The first-order chi connectivity index (χ1) is 8.04. The van der Waals surface area contributed by atoms with Crippen molar-refractivity contribution in [3.8, 4) is 0 Å². The summed E-state index contributed by atoms with van der Waals surface area (Å²) < 4.78 is 13.8.